The van der Waals surface area contributed by atoms with Crippen molar-refractivity contribution in [2.75, 3.05) is 13.2 Å². The lowest BCUT2D eigenvalue weighted by Gasteiger charge is -2.19. The van der Waals surface area contributed by atoms with E-state index >= 15 is 0 Å². The van der Waals surface area contributed by atoms with E-state index in [0.717, 1.165) is 5.56 Å². The molecule has 0 aliphatic carbocycles. The number of hydrogen-bond donors (Lipinski definition) is 2. The molecule has 3 aromatic rings. The van der Waals surface area contributed by atoms with Crippen LogP contribution in [0, 0.1) is 0 Å². The van der Waals surface area contributed by atoms with Gasteiger partial charge in [-0.2, -0.15) is 0 Å². The van der Waals surface area contributed by atoms with Gasteiger partial charge in [-0.3, -0.25) is 9.59 Å². The lowest BCUT2D eigenvalue weighted by Crippen LogP contribution is -2.40. The number of carbonyl (C=O) groups is 3. The Kier molecular flexibility index (Phi) is 8.72. The number of amides is 2. The first-order valence-corrected chi connectivity index (χ1v) is 11.0. The fourth-order valence-corrected chi connectivity index (χ4v) is 3.31. The van der Waals surface area contributed by atoms with E-state index in [0.29, 0.717) is 15.6 Å². The molecule has 0 spiro atoms. The van der Waals surface area contributed by atoms with Crippen molar-refractivity contribution in [3.8, 4) is 0 Å². The van der Waals surface area contributed by atoms with Gasteiger partial charge in [0.15, 0.2) is 0 Å². The van der Waals surface area contributed by atoms with Crippen LogP contribution in [0.25, 0.3) is 0 Å². The van der Waals surface area contributed by atoms with Crippen molar-refractivity contribution in [2.24, 2.45) is 0 Å². The fourth-order valence-electron chi connectivity index (χ4n) is 2.88. The molecule has 0 aliphatic heterocycles. The van der Waals surface area contributed by atoms with Gasteiger partial charge in [0.25, 0.3) is 5.91 Å². The summed E-state index contributed by atoms with van der Waals surface area (Å²) in [5.41, 5.74) is 1.34. The van der Waals surface area contributed by atoms with Crippen LogP contribution in [0.5, 0.6) is 0 Å². The van der Waals surface area contributed by atoms with E-state index in [1.165, 1.54) is 18.2 Å². The first-order chi connectivity index (χ1) is 15.8. The lowest BCUT2D eigenvalue weighted by molar-refractivity contribution is -0.121. The van der Waals surface area contributed by atoms with E-state index in [1.807, 2.05) is 6.07 Å². The number of halogens is 3. The minimum absolute atomic E-state index is 0.125. The van der Waals surface area contributed by atoms with Crippen LogP contribution < -0.4 is 10.6 Å². The summed E-state index contributed by atoms with van der Waals surface area (Å²) in [6.45, 7) is -0.383. The van der Waals surface area contributed by atoms with Crippen molar-refractivity contribution in [3.63, 3.8) is 0 Å². The van der Waals surface area contributed by atoms with E-state index in [-0.39, 0.29) is 23.7 Å². The molecule has 0 radical (unpaired) electrons. The Bertz CT molecular complexity index is 1140. The van der Waals surface area contributed by atoms with Crippen LogP contribution in [-0.2, 0) is 9.53 Å². The minimum atomic E-state index is -0.627. The molecule has 3 aromatic carbocycles. The minimum Gasteiger partial charge on any atom is -0.460 e. The first-order valence-electron chi connectivity index (χ1n) is 9.83. The Balaban J connectivity index is 1.61. The predicted octanol–water partition coefficient (Wildman–Crippen LogP) is 5.09. The summed E-state index contributed by atoms with van der Waals surface area (Å²) < 4.78 is 5.39. The molecule has 2 N–H and O–H groups in total. The largest absolute Gasteiger partial charge is 0.460 e. The summed E-state index contributed by atoms with van der Waals surface area (Å²) in [6, 6.07) is 19.1. The van der Waals surface area contributed by atoms with Gasteiger partial charge < -0.3 is 15.4 Å². The molecular weight excluding hydrogens is 487 g/mol. The molecule has 170 valence electrons. The Labute approximate surface area is 205 Å². The summed E-state index contributed by atoms with van der Waals surface area (Å²) in [5, 5.41) is 6.39. The van der Waals surface area contributed by atoms with Crippen LogP contribution in [0.15, 0.2) is 72.8 Å². The molecule has 33 heavy (non-hydrogen) atoms. The average Bonchev–Trinajstić information content (AvgIpc) is 2.82. The molecule has 9 heteroatoms. The van der Waals surface area contributed by atoms with Crippen LogP contribution in [-0.4, -0.2) is 30.9 Å². The lowest BCUT2D eigenvalue weighted by atomic mass is 10.1. The van der Waals surface area contributed by atoms with Crippen molar-refractivity contribution >= 4 is 52.6 Å². The number of rotatable bonds is 8. The van der Waals surface area contributed by atoms with Crippen molar-refractivity contribution < 1.29 is 19.1 Å². The van der Waals surface area contributed by atoms with E-state index in [1.54, 1.807) is 48.5 Å². The first kappa shape index (κ1) is 24.6. The zero-order valence-corrected chi connectivity index (χ0v) is 19.5. The molecule has 2 amide bonds. The van der Waals surface area contributed by atoms with Gasteiger partial charge in [0.1, 0.15) is 6.61 Å². The van der Waals surface area contributed by atoms with Crippen LogP contribution in [0.4, 0.5) is 0 Å². The summed E-state index contributed by atoms with van der Waals surface area (Å²) in [5.74, 6) is -1.47. The van der Waals surface area contributed by atoms with Crippen molar-refractivity contribution in [1.82, 2.24) is 10.6 Å². The highest BCUT2D eigenvalue weighted by Crippen LogP contribution is 2.23. The number of esters is 1. The number of benzene rings is 3. The smallest absolute Gasteiger partial charge is 0.338 e. The SMILES string of the molecule is O=C(CNC(=O)c1ccc(Cl)cc1)N[C@H](COC(=O)c1ccc(Cl)c(Cl)c1)c1ccccc1. The summed E-state index contributed by atoms with van der Waals surface area (Å²) >= 11 is 17.7. The van der Waals surface area contributed by atoms with Gasteiger partial charge in [0.05, 0.1) is 28.2 Å². The Hall–Kier alpha value is -3.06. The monoisotopic (exact) mass is 504 g/mol. The van der Waals surface area contributed by atoms with Crippen LogP contribution in [0.2, 0.25) is 15.1 Å². The Morgan fingerprint density at radius 3 is 2.15 bits per heavy atom. The van der Waals surface area contributed by atoms with Gasteiger partial charge in [-0.15, -0.1) is 0 Å². The molecule has 0 saturated heterocycles. The number of hydrogen-bond acceptors (Lipinski definition) is 4. The Morgan fingerprint density at radius 2 is 1.48 bits per heavy atom. The second-order valence-electron chi connectivity index (χ2n) is 6.95. The van der Waals surface area contributed by atoms with Gasteiger partial charge >= 0.3 is 5.97 Å². The van der Waals surface area contributed by atoms with Gasteiger partial charge in [-0.25, -0.2) is 4.79 Å². The molecular formula is C24H19Cl3N2O4. The second-order valence-corrected chi connectivity index (χ2v) is 8.20. The molecule has 1 atom stereocenters. The third kappa shape index (κ3) is 7.22. The van der Waals surface area contributed by atoms with Crippen molar-refractivity contribution in [3.05, 3.63) is 105 Å². The Morgan fingerprint density at radius 1 is 0.818 bits per heavy atom. The molecule has 6 nitrogen and oxygen atoms in total. The number of ether oxygens (including phenoxy) is 1. The molecule has 0 bridgehead atoms. The fraction of sp³-hybridized carbons (Fsp3) is 0.125. The summed E-state index contributed by atoms with van der Waals surface area (Å²) in [4.78, 5) is 37.1. The highest BCUT2D eigenvalue weighted by Gasteiger charge is 2.19. The van der Waals surface area contributed by atoms with Gasteiger partial charge in [-0.1, -0.05) is 65.1 Å². The van der Waals surface area contributed by atoms with Gasteiger partial charge in [-0.05, 0) is 48.0 Å². The zero-order chi connectivity index (χ0) is 23.8. The van der Waals surface area contributed by atoms with E-state index < -0.39 is 23.8 Å². The number of nitrogens with one attached hydrogen (secondary N) is 2. The van der Waals surface area contributed by atoms with Crippen LogP contribution in [0.1, 0.15) is 32.3 Å². The third-order valence-electron chi connectivity index (χ3n) is 4.59. The van der Waals surface area contributed by atoms with Crippen molar-refractivity contribution in [1.29, 1.82) is 0 Å². The normalized spacial score (nSPS) is 11.4. The maximum atomic E-state index is 12.5. The standard InChI is InChI=1S/C24H19Cl3N2O4/c25-18-9-6-16(7-10-18)23(31)28-13-22(30)29-21(15-4-2-1-3-5-15)14-33-24(32)17-8-11-19(26)20(27)12-17/h1-12,21H,13-14H2,(H,28,31)(H,29,30)/t21-/m1/s1. The average molecular weight is 506 g/mol. The molecule has 0 unspecified atom stereocenters. The maximum absolute atomic E-state index is 12.5. The van der Waals surface area contributed by atoms with Gasteiger partial charge in [0.2, 0.25) is 5.91 Å². The molecule has 0 heterocycles. The van der Waals surface area contributed by atoms with Crippen molar-refractivity contribution in [2.45, 2.75) is 6.04 Å². The van der Waals surface area contributed by atoms with E-state index in [9.17, 15) is 14.4 Å². The maximum Gasteiger partial charge on any atom is 0.338 e. The predicted molar refractivity (Wildman–Crippen MR) is 128 cm³/mol. The van der Waals surface area contributed by atoms with Gasteiger partial charge in [0, 0.05) is 10.6 Å². The molecule has 0 aliphatic rings. The summed E-state index contributed by atoms with van der Waals surface area (Å²) in [6.07, 6.45) is 0. The summed E-state index contributed by atoms with van der Waals surface area (Å²) in [7, 11) is 0. The second kappa shape index (κ2) is 11.7. The third-order valence-corrected chi connectivity index (χ3v) is 5.58. The molecule has 0 saturated carbocycles. The zero-order valence-electron chi connectivity index (χ0n) is 17.2. The molecule has 0 fully saturated rings. The highest BCUT2D eigenvalue weighted by molar-refractivity contribution is 6.42. The quantitative estimate of drug-likeness (QED) is 0.418. The topological polar surface area (TPSA) is 84.5 Å². The molecule has 3 rings (SSSR count). The van der Waals surface area contributed by atoms with E-state index in [4.69, 9.17) is 39.5 Å². The van der Waals surface area contributed by atoms with Crippen LogP contribution >= 0.6 is 34.8 Å². The molecule has 0 aromatic heterocycles. The number of carbonyl (C=O) groups excluding carboxylic acids is 3. The van der Waals surface area contributed by atoms with Crippen LogP contribution in [0.3, 0.4) is 0 Å². The van der Waals surface area contributed by atoms with E-state index in [2.05, 4.69) is 10.6 Å². The highest BCUT2D eigenvalue weighted by atomic mass is 35.5.